The molecule has 6 nitrogen and oxygen atoms in total. The van der Waals surface area contributed by atoms with E-state index in [1.165, 1.54) is 0 Å². The molecule has 0 radical (unpaired) electrons. The number of ether oxygens (including phenoxy) is 1. The first kappa shape index (κ1) is 11.2. The van der Waals surface area contributed by atoms with Gasteiger partial charge < -0.3 is 14.6 Å². The zero-order chi connectivity index (χ0) is 12.7. The lowest BCUT2D eigenvalue weighted by Crippen LogP contribution is -2.48. The fraction of sp³-hybridized carbons (Fsp3) is 0.417. The van der Waals surface area contributed by atoms with Crippen molar-refractivity contribution in [1.29, 1.82) is 0 Å². The first-order valence-electron chi connectivity index (χ1n) is 5.77. The van der Waals surface area contributed by atoms with E-state index in [1.54, 1.807) is 13.0 Å². The van der Waals surface area contributed by atoms with Gasteiger partial charge in [-0.3, -0.25) is 4.79 Å². The number of hydrogen-bond acceptors (Lipinski definition) is 5. The highest BCUT2D eigenvalue weighted by Gasteiger charge is 2.24. The summed E-state index contributed by atoms with van der Waals surface area (Å²) < 4.78 is 10.1. The molecule has 0 saturated carbocycles. The quantitative estimate of drug-likeness (QED) is 0.855. The van der Waals surface area contributed by atoms with E-state index in [0.29, 0.717) is 35.6 Å². The molecule has 0 unspecified atom stereocenters. The van der Waals surface area contributed by atoms with Crippen molar-refractivity contribution in [3.8, 4) is 0 Å². The average molecular weight is 247 g/mol. The van der Waals surface area contributed by atoms with Crippen molar-refractivity contribution >= 4 is 17.0 Å². The SMILES string of the molecule is Cc1cc(C(=O)NC2COC2)c2c(C)noc2n1. The lowest BCUT2D eigenvalue weighted by molar-refractivity contribution is -0.00343. The fourth-order valence-electron chi connectivity index (χ4n) is 1.98. The monoisotopic (exact) mass is 247 g/mol. The second-order valence-corrected chi connectivity index (χ2v) is 4.47. The summed E-state index contributed by atoms with van der Waals surface area (Å²) in [5.41, 5.74) is 2.37. The first-order valence-corrected chi connectivity index (χ1v) is 5.77. The van der Waals surface area contributed by atoms with Crippen LogP contribution in [0.1, 0.15) is 21.7 Å². The van der Waals surface area contributed by atoms with Crippen LogP contribution in [0.15, 0.2) is 10.6 Å². The van der Waals surface area contributed by atoms with Crippen molar-refractivity contribution in [3.05, 3.63) is 23.0 Å². The van der Waals surface area contributed by atoms with E-state index >= 15 is 0 Å². The Hall–Kier alpha value is -1.95. The van der Waals surface area contributed by atoms with Crippen molar-refractivity contribution in [2.45, 2.75) is 19.9 Å². The normalized spacial score (nSPS) is 15.7. The molecule has 0 aliphatic carbocycles. The van der Waals surface area contributed by atoms with Crippen molar-refractivity contribution < 1.29 is 14.1 Å². The van der Waals surface area contributed by atoms with Crippen LogP contribution in [0.25, 0.3) is 11.1 Å². The van der Waals surface area contributed by atoms with Crippen LogP contribution >= 0.6 is 0 Å². The Balaban J connectivity index is 2.03. The minimum atomic E-state index is -0.134. The van der Waals surface area contributed by atoms with Crippen molar-refractivity contribution in [1.82, 2.24) is 15.5 Å². The summed E-state index contributed by atoms with van der Waals surface area (Å²) in [5.74, 6) is -0.134. The van der Waals surface area contributed by atoms with Crippen LogP contribution in [0, 0.1) is 13.8 Å². The Morgan fingerprint density at radius 3 is 2.89 bits per heavy atom. The maximum absolute atomic E-state index is 12.2. The summed E-state index contributed by atoms with van der Waals surface area (Å²) in [6.45, 7) is 4.76. The van der Waals surface area contributed by atoms with Gasteiger partial charge in [-0.1, -0.05) is 5.16 Å². The van der Waals surface area contributed by atoms with Crippen molar-refractivity contribution in [2.24, 2.45) is 0 Å². The number of carbonyl (C=O) groups is 1. The third-order valence-electron chi connectivity index (χ3n) is 2.96. The summed E-state index contributed by atoms with van der Waals surface area (Å²) in [6, 6.07) is 1.85. The second kappa shape index (κ2) is 4.06. The Morgan fingerprint density at radius 2 is 2.22 bits per heavy atom. The number of amides is 1. The maximum Gasteiger partial charge on any atom is 0.258 e. The van der Waals surface area contributed by atoms with E-state index in [2.05, 4.69) is 15.5 Å². The van der Waals surface area contributed by atoms with Gasteiger partial charge in [-0.15, -0.1) is 0 Å². The number of hydrogen-bond donors (Lipinski definition) is 1. The van der Waals surface area contributed by atoms with Crippen LogP contribution in [0.5, 0.6) is 0 Å². The zero-order valence-electron chi connectivity index (χ0n) is 10.2. The molecule has 3 rings (SSSR count). The van der Waals surface area contributed by atoms with E-state index < -0.39 is 0 Å². The molecule has 2 aromatic heterocycles. The molecule has 1 aliphatic rings. The topological polar surface area (TPSA) is 77.2 Å². The van der Waals surface area contributed by atoms with Crippen LogP contribution in [0.2, 0.25) is 0 Å². The van der Waals surface area contributed by atoms with Gasteiger partial charge in [0.25, 0.3) is 11.6 Å². The highest BCUT2D eigenvalue weighted by atomic mass is 16.5. The molecule has 6 heteroatoms. The molecule has 0 bridgehead atoms. The number of aryl methyl sites for hydroxylation is 2. The zero-order valence-corrected chi connectivity index (χ0v) is 10.2. The van der Waals surface area contributed by atoms with E-state index in [4.69, 9.17) is 9.26 Å². The summed E-state index contributed by atoms with van der Waals surface area (Å²) in [4.78, 5) is 16.4. The Bertz CT molecular complexity index is 616. The fourth-order valence-corrected chi connectivity index (χ4v) is 1.98. The molecule has 2 aromatic rings. The maximum atomic E-state index is 12.2. The number of carbonyl (C=O) groups excluding carboxylic acids is 1. The van der Waals surface area contributed by atoms with Gasteiger partial charge in [0.15, 0.2) is 0 Å². The van der Waals surface area contributed by atoms with Gasteiger partial charge in [0.1, 0.15) is 0 Å². The molecule has 0 atom stereocenters. The van der Waals surface area contributed by atoms with E-state index in [9.17, 15) is 4.79 Å². The summed E-state index contributed by atoms with van der Waals surface area (Å²) in [7, 11) is 0. The standard InChI is InChI=1S/C12H13N3O3/c1-6-3-9(11(16)14-8-4-17-5-8)10-7(2)15-18-12(10)13-6/h3,8H,4-5H2,1-2H3,(H,14,16). The smallest absolute Gasteiger partial charge is 0.258 e. The predicted molar refractivity (Wildman–Crippen MR) is 63.4 cm³/mol. The number of nitrogens with one attached hydrogen (secondary N) is 1. The van der Waals surface area contributed by atoms with Gasteiger partial charge in [0.05, 0.1) is 35.9 Å². The van der Waals surface area contributed by atoms with Crippen LogP contribution < -0.4 is 5.32 Å². The average Bonchev–Trinajstić information content (AvgIpc) is 2.64. The number of aromatic nitrogens is 2. The minimum absolute atomic E-state index is 0.0983. The van der Waals surface area contributed by atoms with Gasteiger partial charge in [-0.05, 0) is 19.9 Å². The number of nitrogens with zero attached hydrogens (tertiary/aromatic N) is 2. The molecule has 1 aliphatic heterocycles. The van der Waals surface area contributed by atoms with Crippen molar-refractivity contribution in [2.75, 3.05) is 13.2 Å². The molecular formula is C12H13N3O3. The van der Waals surface area contributed by atoms with Crippen molar-refractivity contribution in [3.63, 3.8) is 0 Å². The third kappa shape index (κ3) is 1.74. The molecular weight excluding hydrogens is 234 g/mol. The molecule has 18 heavy (non-hydrogen) atoms. The van der Waals surface area contributed by atoms with Crippen LogP contribution in [-0.4, -0.2) is 35.3 Å². The molecule has 0 spiro atoms. The predicted octanol–water partition coefficient (Wildman–Crippen LogP) is 0.968. The summed E-state index contributed by atoms with van der Waals surface area (Å²) in [6.07, 6.45) is 0. The van der Waals surface area contributed by atoms with Gasteiger partial charge in [-0.2, -0.15) is 0 Å². The van der Waals surface area contributed by atoms with E-state index in [0.717, 1.165) is 5.69 Å². The molecule has 1 fully saturated rings. The van der Waals surface area contributed by atoms with Gasteiger partial charge in [0.2, 0.25) is 0 Å². The molecule has 1 amide bonds. The third-order valence-corrected chi connectivity index (χ3v) is 2.96. The summed E-state index contributed by atoms with van der Waals surface area (Å²) in [5, 5.41) is 7.44. The lowest BCUT2D eigenvalue weighted by Gasteiger charge is -2.26. The highest BCUT2D eigenvalue weighted by Crippen LogP contribution is 2.22. The largest absolute Gasteiger partial charge is 0.377 e. The second-order valence-electron chi connectivity index (χ2n) is 4.47. The minimum Gasteiger partial charge on any atom is -0.377 e. The number of fused-ring (bicyclic) bond motifs is 1. The van der Waals surface area contributed by atoms with E-state index in [-0.39, 0.29) is 11.9 Å². The van der Waals surface area contributed by atoms with Crippen LogP contribution in [0.3, 0.4) is 0 Å². The summed E-state index contributed by atoms with van der Waals surface area (Å²) >= 11 is 0. The van der Waals surface area contributed by atoms with Gasteiger partial charge in [0, 0.05) is 5.69 Å². The Labute approximate surface area is 103 Å². The Kier molecular flexibility index (Phi) is 2.52. The number of pyridine rings is 1. The molecule has 3 heterocycles. The first-order chi connectivity index (χ1) is 8.65. The number of rotatable bonds is 2. The lowest BCUT2D eigenvalue weighted by atomic mass is 10.1. The highest BCUT2D eigenvalue weighted by molar-refractivity contribution is 6.06. The Morgan fingerprint density at radius 1 is 1.44 bits per heavy atom. The molecule has 94 valence electrons. The van der Waals surface area contributed by atoms with Gasteiger partial charge in [-0.25, -0.2) is 4.98 Å². The van der Waals surface area contributed by atoms with Crippen LogP contribution in [-0.2, 0) is 4.74 Å². The van der Waals surface area contributed by atoms with E-state index in [1.807, 2.05) is 6.92 Å². The van der Waals surface area contributed by atoms with Crippen LogP contribution in [0.4, 0.5) is 0 Å². The van der Waals surface area contributed by atoms with Gasteiger partial charge >= 0.3 is 0 Å². The molecule has 1 saturated heterocycles. The molecule has 0 aromatic carbocycles. The molecule has 1 N–H and O–H groups in total.